The molecule has 0 bridgehead atoms. The summed E-state index contributed by atoms with van der Waals surface area (Å²) in [7, 11) is 3.05. The van der Waals surface area contributed by atoms with Gasteiger partial charge in [0, 0.05) is 19.2 Å². The number of alkyl halides is 3. The van der Waals surface area contributed by atoms with Crippen LogP contribution < -0.4 is 9.47 Å². The number of carbonyl (C=O) groups excluding carboxylic acids is 1. The molecule has 1 amide bonds. The van der Waals surface area contributed by atoms with Gasteiger partial charge in [-0.1, -0.05) is 17.3 Å². The highest BCUT2D eigenvalue weighted by atomic mass is 19.4. The second kappa shape index (κ2) is 9.33. The smallest absolute Gasteiger partial charge is 0.416 e. The Bertz CT molecular complexity index is 1070. The van der Waals surface area contributed by atoms with Crippen molar-refractivity contribution in [2.45, 2.75) is 33.2 Å². The summed E-state index contributed by atoms with van der Waals surface area (Å²) in [6.45, 7) is 4.01. The predicted molar refractivity (Wildman–Crippen MR) is 111 cm³/mol. The summed E-state index contributed by atoms with van der Waals surface area (Å²) in [4.78, 5) is 14.2. The molecule has 0 aliphatic carbocycles. The Labute approximate surface area is 183 Å². The third-order valence-corrected chi connectivity index (χ3v) is 5.01. The van der Waals surface area contributed by atoms with Crippen LogP contribution in [-0.2, 0) is 19.3 Å². The van der Waals surface area contributed by atoms with Gasteiger partial charge in [0.15, 0.2) is 11.5 Å². The molecule has 0 N–H and O–H groups in total. The summed E-state index contributed by atoms with van der Waals surface area (Å²) in [5.74, 6) is 1.19. The third-order valence-electron chi connectivity index (χ3n) is 5.01. The van der Waals surface area contributed by atoms with Crippen molar-refractivity contribution in [1.82, 2.24) is 10.1 Å². The molecule has 0 saturated carbocycles. The first-order chi connectivity index (χ1) is 15.1. The lowest BCUT2D eigenvalue weighted by Crippen LogP contribution is -2.26. The maximum absolute atomic E-state index is 12.8. The average Bonchev–Trinajstić information content (AvgIpc) is 3.08. The fourth-order valence-electron chi connectivity index (χ4n) is 3.14. The van der Waals surface area contributed by atoms with Gasteiger partial charge >= 0.3 is 6.18 Å². The predicted octanol–water partition coefficient (Wildman–Crippen LogP) is 5.17. The minimum atomic E-state index is -4.40. The van der Waals surface area contributed by atoms with Gasteiger partial charge in [0.05, 0.1) is 23.9 Å². The maximum Gasteiger partial charge on any atom is 0.416 e. The van der Waals surface area contributed by atoms with Crippen LogP contribution in [0.1, 0.15) is 38.5 Å². The third kappa shape index (κ3) is 5.22. The van der Waals surface area contributed by atoms with Gasteiger partial charge in [0.25, 0.3) is 5.91 Å². The van der Waals surface area contributed by atoms with E-state index in [1.165, 1.54) is 24.1 Å². The molecule has 9 heteroatoms. The number of aryl methyl sites for hydroxylation is 2. The van der Waals surface area contributed by atoms with E-state index in [9.17, 15) is 18.0 Å². The number of benzene rings is 2. The normalized spacial score (nSPS) is 11.3. The van der Waals surface area contributed by atoms with Gasteiger partial charge in [0.2, 0.25) is 0 Å². The Balaban J connectivity index is 1.69. The average molecular weight is 448 g/mol. The number of halogens is 3. The van der Waals surface area contributed by atoms with Gasteiger partial charge < -0.3 is 18.9 Å². The summed E-state index contributed by atoms with van der Waals surface area (Å²) in [5.41, 5.74) is 1.79. The van der Waals surface area contributed by atoms with Crippen LogP contribution in [0.2, 0.25) is 0 Å². The monoisotopic (exact) mass is 448 g/mol. The van der Waals surface area contributed by atoms with Crippen LogP contribution in [0, 0.1) is 13.8 Å². The number of ether oxygens (including phenoxy) is 2. The van der Waals surface area contributed by atoms with Gasteiger partial charge in [0.1, 0.15) is 12.4 Å². The molecular formula is C23H23F3N2O4. The summed E-state index contributed by atoms with van der Waals surface area (Å²) in [6, 6.07) is 9.53. The second-order valence-corrected chi connectivity index (χ2v) is 7.31. The van der Waals surface area contributed by atoms with Crippen LogP contribution in [0.15, 0.2) is 47.0 Å². The number of hydrogen-bond donors (Lipinski definition) is 0. The fourth-order valence-corrected chi connectivity index (χ4v) is 3.14. The Morgan fingerprint density at radius 3 is 2.34 bits per heavy atom. The molecule has 0 fully saturated rings. The Morgan fingerprint density at radius 1 is 1.09 bits per heavy atom. The molecule has 0 saturated heterocycles. The van der Waals surface area contributed by atoms with Crippen molar-refractivity contribution in [2.24, 2.45) is 0 Å². The SMILES string of the molecule is COc1cc(C(=O)N(C)Cc2ccc(C(F)(F)F)cc2)ccc1OCc1c(C)noc1C. The van der Waals surface area contributed by atoms with E-state index in [1.54, 1.807) is 32.2 Å². The number of carbonyl (C=O) groups is 1. The Hall–Kier alpha value is -3.49. The van der Waals surface area contributed by atoms with Crippen molar-refractivity contribution in [3.8, 4) is 11.5 Å². The first-order valence-electron chi connectivity index (χ1n) is 9.74. The number of rotatable bonds is 7. The number of amides is 1. The number of aromatic nitrogens is 1. The van der Waals surface area contributed by atoms with Gasteiger partial charge in [-0.25, -0.2) is 0 Å². The molecule has 6 nitrogen and oxygen atoms in total. The lowest BCUT2D eigenvalue weighted by molar-refractivity contribution is -0.137. The minimum Gasteiger partial charge on any atom is -0.493 e. The second-order valence-electron chi connectivity index (χ2n) is 7.31. The molecule has 3 aromatic rings. The summed E-state index contributed by atoms with van der Waals surface area (Å²) in [5, 5.41) is 3.89. The molecule has 32 heavy (non-hydrogen) atoms. The van der Waals surface area contributed by atoms with Crippen LogP contribution in [-0.4, -0.2) is 30.1 Å². The highest BCUT2D eigenvalue weighted by Gasteiger charge is 2.30. The molecule has 0 radical (unpaired) electrons. The molecule has 0 unspecified atom stereocenters. The standard InChI is InChI=1S/C23H23F3N2O4/c1-14-19(15(2)32-27-14)13-31-20-10-7-17(11-21(20)30-4)22(29)28(3)12-16-5-8-18(9-6-16)23(24,25)26/h5-11H,12-13H2,1-4H3. The van der Waals surface area contributed by atoms with Crippen LogP contribution in [0.25, 0.3) is 0 Å². The van der Waals surface area contributed by atoms with Crippen LogP contribution in [0.3, 0.4) is 0 Å². The lowest BCUT2D eigenvalue weighted by atomic mass is 10.1. The number of methoxy groups -OCH3 is 1. The largest absolute Gasteiger partial charge is 0.493 e. The van der Waals surface area contributed by atoms with Crippen LogP contribution >= 0.6 is 0 Å². The van der Waals surface area contributed by atoms with Crippen LogP contribution in [0.5, 0.6) is 11.5 Å². The van der Waals surface area contributed by atoms with Gasteiger partial charge in [-0.05, 0) is 49.7 Å². The molecule has 0 atom stereocenters. The van der Waals surface area contributed by atoms with Crippen molar-refractivity contribution < 1.29 is 32.0 Å². The lowest BCUT2D eigenvalue weighted by Gasteiger charge is -2.19. The van der Waals surface area contributed by atoms with E-state index in [0.717, 1.165) is 23.4 Å². The molecule has 3 rings (SSSR count). The minimum absolute atomic E-state index is 0.156. The van der Waals surface area contributed by atoms with E-state index in [1.807, 2.05) is 6.92 Å². The molecule has 0 aliphatic rings. The van der Waals surface area contributed by atoms with Gasteiger partial charge in [-0.15, -0.1) is 0 Å². The highest BCUT2D eigenvalue weighted by Crippen LogP contribution is 2.31. The highest BCUT2D eigenvalue weighted by molar-refractivity contribution is 5.94. The van der Waals surface area contributed by atoms with Crippen molar-refractivity contribution in [2.75, 3.05) is 14.2 Å². The molecular weight excluding hydrogens is 425 g/mol. The zero-order chi connectivity index (χ0) is 23.5. The van der Waals surface area contributed by atoms with Crippen molar-refractivity contribution in [3.05, 3.63) is 76.2 Å². The molecule has 1 aromatic heterocycles. The van der Waals surface area contributed by atoms with E-state index in [0.29, 0.717) is 28.4 Å². The first kappa shape index (κ1) is 23.2. The van der Waals surface area contributed by atoms with Crippen LogP contribution in [0.4, 0.5) is 13.2 Å². The van der Waals surface area contributed by atoms with Gasteiger partial charge in [-0.3, -0.25) is 4.79 Å². The summed E-state index contributed by atoms with van der Waals surface area (Å²) >= 11 is 0. The van der Waals surface area contributed by atoms with E-state index < -0.39 is 11.7 Å². The van der Waals surface area contributed by atoms with E-state index in [2.05, 4.69) is 5.16 Å². The molecule has 1 heterocycles. The Morgan fingerprint density at radius 2 is 1.78 bits per heavy atom. The fraction of sp³-hybridized carbons (Fsp3) is 0.304. The zero-order valence-electron chi connectivity index (χ0n) is 18.1. The molecule has 2 aromatic carbocycles. The van der Waals surface area contributed by atoms with E-state index in [4.69, 9.17) is 14.0 Å². The molecule has 0 aliphatic heterocycles. The topological polar surface area (TPSA) is 64.8 Å². The maximum atomic E-state index is 12.8. The number of hydrogen-bond acceptors (Lipinski definition) is 5. The van der Waals surface area contributed by atoms with Crippen molar-refractivity contribution >= 4 is 5.91 Å². The quantitative estimate of drug-likeness (QED) is 0.499. The Kier molecular flexibility index (Phi) is 6.76. The van der Waals surface area contributed by atoms with Crippen molar-refractivity contribution in [1.29, 1.82) is 0 Å². The van der Waals surface area contributed by atoms with E-state index in [-0.39, 0.29) is 19.1 Å². The first-order valence-corrected chi connectivity index (χ1v) is 9.74. The number of nitrogens with zero attached hydrogens (tertiary/aromatic N) is 2. The molecule has 170 valence electrons. The summed E-state index contributed by atoms with van der Waals surface area (Å²) in [6.07, 6.45) is -4.40. The van der Waals surface area contributed by atoms with Crippen molar-refractivity contribution in [3.63, 3.8) is 0 Å². The molecule has 0 spiro atoms. The van der Waals surface area contributed by atoms with Gasteiger partial charge in [-0.2, -0.15) is 13.2 Å². The summed E-state index contributed by atoms with van der Waals surface area (Å²) < 4.78 is 54.5. The van der Waals surface area contributed by atoms with E-state index >= 15 is 0 Å². The zero-order valence-corrected chi connectivity index (χ0v) is 18.1.